The summed E-state index contributed by atoms with van der Waals surface area (Å²) in [5, 5.41) is 15.4. The van der Waals surface area contributed by atoms with E-state index < -0.39 is 0 Å². The average molecular weight is 365 g/mol. The first-order valence-corrected chi connectivity index (χ1v) is 9.88. The number of anilines is 1. The van der Waals surface area contributed by atoms with Crippen LogP contribution in [0.1, 0.15) is 61.3 Å². The van der Waals surface area contributed by atoms with E-state index in [-0.39, 0.29) is 41.7 Å². The third kappa shape index (κ3) is 2.99. The second kappa shape index (κ2) is 6.40. The van der Waals surface area contributed by atoms with Gasteiger partial charge in [-0.05, 0) is 42.1 Å². The zero-order valence-electron chi connectivity index (χ0n) is 15.5. The number of thiophene rings is 1. The molecule has 2 aliphatic rings. The quantitative estimate of drug-likeness (QED) is 0.752. The third-order valence-electron chi connectivity index (χ3n) is 6.32. The van der Waals surface area contributed by atoms with Crippen LogP contribution in [0.25, 0.3) is 0 Å². The Bertz CT molecular complexity index is 692. The Labute approximate surface area is 153 Å². The fourth-order valence-corrected chi connectivity index (χ4v) is 5.48. The number of aliphatic hydroxyl groups excluding tert-OH is 1. The first kappa shape index (κ1) is 18.4. The minimum atomic E-state index is -0.196. The molecule has 0 radical (unpaired) electrons. The highest BCUT2D eigenvalue weighted by Crippen LogP contribution is 2.68. The highest BCUT2D eigenvalue weighted by atomic mass is 32.1. The van der Waals surface area contributed by atoms with Crippen LogP contribution in [0.15, 0.2) is 0 Å². The minimum Gasteiger partial charge on any atom is -0.395 e. The molecule has 0 aliphatic heterocycles. The summed E-state index contributed by atoms with van der Waals surface area (Å²) >= 11 is 1.54. The summed E-state index contributed by atoms with van der Waals surface area (Å²) in [6.07, 6.45) is 4.04. The van der Waals surface area contributed by atoms with Gasteiger partial charge in [0, 0.05) is 17.3 Å². The summed E-state index contributed by atoms with van der Waals surface area (Å²) < 4.78 is 0. The van der Waals surface area contributed by atoms with E-state index in [1.54, 1.807) is 11.3 Å². The van der Waals surface area contributed by atoms with E-state index >= 15 is 0 Å². The van der Waals surface area contributed by atoms with Crippen LogP contribution in [-0.2, 0) is 17.6 Å². The summed E-state index contributed by atoms with van der Waals surface area (Å²) in [5.74, 6) is -0.240. The van der Waals surface area contributed by atoms with Gasteiger partial charge < -0.3 is 15.7 Å². The van der Waals surface area contributed by atoms with Crippen molar-refractivity contribution in [3.63, 3.8) is 0 Å². The number of hydrogen-bond donors (Lipinski definition) is 3. The molecule has 6 heteroatoms. The number of rotatable bonds is 5. The Morgan fingerprint density at radius 2 is 1.80 bits per heavy atom. The molecular weight excluding hydrogens is 336 g/mol. The first-order valence-electron chi connectivity index (χ1n) is 9.06. The van der Waals surface area contributed by atoms with E-state index in [1.165, 1.54) is 4.88 Å². The number of amides is 2. The van der Waals surface area contributed by atoms with Gasteiger partial charge in [0.1, 0.15) is 5.00 Å². The molecule has 1 aromatic heterocycles. The van der Waals surface area contributed by atoms with Crippen LogP contribution in [0, 0.1) is 16.7 Å². The van der Waals surface area contributed by atoms with Gasteiger partial charge >= 0.3 is 0 Å². The molecular formula is C19H28N2O3S. The SMILES string of the molecule is CC1(C)C(C(=O)Nc2sc3c(c2C(=O)NCCO)CCCC3)C1(C)C. The van der Waals surface area contributed by atoms with E-state index in [9.17, 15) is 9.59 Å². The lowest BCUT2D eigenvalue weighted by molar-refractivity contribution is -0.118. The standard InChI is InChI=1S/C19H28N2O3S/c1-18(2)14(19(18,3)4)16(24)21-17-13(15(23)20-9-10-22)11-7-5-6-8-12(11)25-17/h14,22H,5-10H2,1-4H3,(H,20,23)(H,21,24). The molecule has 5 nitrogen and oxygen atoms in total. The monoisotopic (exact) mass is 364 g/mol. The maximum atomic E-state index is 12.8. The van der Waals surface area contributed by atoms with E-state index in [0.29, 0.717) is 10.6 Å². The summed E-state index contributed by atoms with van der Waals surface area (Å²) in [4.78, 5) is 26.7. The number of hydrogen-bond acceptors (Lipinski definition) is 4. The fraction of sp³-hybridized carbons (Fsp3) is 0.684. The van der Waals surface area contributed by atoms with Crippen molar-refractivity contribution in [2.45, 2.75) is 53.4 Å². The molecule has 1 heterocycles. The van der Waals surface area contributed by atoms with E-state index in [1.807, 2.05) is 0 Å². The van der Waals surface area contributed by atoms with Crippen LogP contribution in [0.4, 0.5) is 5.00 Å². The molecule has 1 fully saturated rings. The van der Waals surface area contributed by atoms with Gasteiger partial charge in [-0.25, -0.2) is 0 Å². The smallest absolute Gasteiger partial charge is 0.254 e. The molecule has 0 atom stereocenters. The van der Waals surface area contributed by atoms with Crippen molar-refractivity contribution in [2.24, 2.45) is 16.7 Å². The molecule has 138 valence electrons. The lowest BCUT2D eigenvalue weighted by atomic mass is 9.95. The highest BCUT2D eigenvalue weighted by molar-refractivity contribution is 7.17. The lowest BCUT2D eigenvalue weighted by Crippen LogP contribution is -2.28. The van der Waals surface area contributed by atoms with E-state index in [2.05, 4.69) is 38.3 Å². The second-order valence-corrected chi connectivity index (χ2v) is 9.37. The van der Waals surface area contributed by atoms with Crippen LogP contribution in [0.3, 0.4) is 0 Å². The van der Waals surface area contributed by atoms with Gasteiger partial charge in [-0.3, -0.25) is 9.59 Å². The topological polar surface area (TPSA) is 78.4 Å². The summed E-state index contributed by atoms with van der Waals surface area (Å²) in [7, 11) is 0. The van der Waals surface area contributed by atoms with Crippen molar-refractivity contribution < 1.29 is 14.7 Å². The molecule has 2 amide bonds. The van der Waals surface area contributed by atoms with Gasteiger partial charge in [-0.15, -0.1) is 11.3 Å². The number of nitrogens with one attached hydrogen (secondary N) is 2. The Morgan fingerprint density at radius 3 is 2.40 bits per heavy atom. The molecule has 0 bridgehead atoms. The van der Waals surface area contributed by atoms with Crippen molar-refractivity contribution in [1.82, 2.24) is 5.32 Å². The first-order chi connectivity index (χ1) is 11.7. The second-order valence-electron chi connectivity index (χ2n) is 8.26. The van der Waals surface area contributed by atoms with E-state index in [4.69, 9.17) is 5.11 Å². The Hall–Kier alpha value is -1.40. The molecule has 0 spiro atoms. The number of aliphatic hydroxyl groups is 1. The Balaban J connectivity index is 1.87. The summed E-state index contributed by atoms with van der Waals surface area (Å²) in [6, 6.07) is 0. The maximum absolute atomic E-state index is 12.8. The normalized spacial score (nSPS) is 20.7. The molecule has 2 aliphatic carbocycles. The zero-order chi connectivity index (χ0) is 18.4. The van der Waals surface area contributed by atoms with E-state index in [0.717, 1.165) is 31.2 Å². The summed E-state index contributed by atoms with van der Waals surface area (Å²) in [6.45, 7) is 8.60. The van der Waals surface area contributed by atoms with Crippen LogP contribution in [0.2, 0.25) is 0 Å². The molecule has 3 N–H and O–H groups in total. The van der Waals surface area contributed by atoms with Crippen molar-refractivity contribution in [2.75, 3.05) is 18.5 Å². The van der Waals surface area contributed by atoms with Gasteiger partial charge in [0.15, 0.2) is 0 Å². The molecule has 0 saturated heterocycles. The number of carbonyl (C=O) groups excluding carboxylic acids is 2. The van der Waals surface area contributed by atoms with Crippen molar-refractivity contribution >= 4 is 28.2 Å². The van der Waals surface area contributed by atoms with Crippen LogP contribution in [-0.4, -0.2) is 30.1 Å². The molecule has 0 unspecified atom stereocenters. The zero-order valence-corrected chi connectivity index (χ0v) is 16.3. The third-order valence-corrected chi connectivity index (χ3v) is 7.52. The van der Waals surface area contributed by atoms with Gasteiger partial charge in [0.2, 0.25) is 5.91 Å². The largest absolute Gasteiger partial charge is 0.395 e. The van der Waals surface area contributed by atoms with Crippen molar-refractivity contribution in [1.29, 1.82) is 0 Å². The predicted octanol–water partition coefficient (Wildman–Crippen LogP) is 2.97. The van der Waals surface area contributed by atoms with Crippen LogP contribution < -0.4 is 10.6 Å². The molecule has 1 aromatic rings. The van der Waals surface area contributed by atoms with Crippen molar-refractivity contribution in [3.8, 4) is 0 Å². The van der Waals surface area contributed by atoms with Gasteiger partial charge in [-0.2, -0.15) is 0 Å². The van der Waals surface area contributed by atoms with Gasteiger partial charge in [0.05, 0.1) is 12.2 Å². The fourth-order valence-electron chi connectivity index (χ4n) is 4.19. The molecule has 3 rings (SSSR count). The van der Waals surface area contributed by atoms with Gasteiger partial charge in [-0.1, -0.05) is 27.7 Å². The number of fused-ring (bicyclic) bond motifs is 1. The lowest BCUT2D eigenvalue weighted by Gasteiger charge is -2.13. The maximum Gasteiger partial charge on any atom is 0.254 e. The summed E-state index contributed by atoms with van der Waals surface area (Å²) in [5.41, 5.74) is 1.62. The van der Waals surface area contributed by atoms with Crippen LogP contribution in [0.5, 0.6) is 0 Å². The molecule has 1 saturated carbocycles. The van der Waals surface area contributed by atoms with Crippen molar-refractivity contribution in [3.05, 3.63) is 16.0 Å². The van der Waals surface area contributed by atoms with Gasteiger partial charge in [0.25, 0.3) is 5.91 Å². The Morgan fingerprint density at radius 1 is 1.16 bits per heavy atom. The number of aryl methyl sites for hydroxylation is 1. The number of carbonyl (C=O) groups is 2. The Kier molecular flexibility index (Phi) is 4.71. The predicted molar refractivity (Wildman–Crippen MR) is 100 cm³/mol. The molecule has 0 aromatic carbocycles. The molecule has 25 heavy (non-hydrogen) atoms. The van der Waals surface area contributed by atoms with Crippen LogP contribution >= 0.6 is 11.3 Å². The average Bonchev–Trinajstić information content (AvgIpc) is 2.81. The minimum absolute atomic E-state index is 0.00445. The highest BCUT2D eigenvalue weighted by Gasteiger charge is 2.68.